The van der Waals surface area contributed by atoms with E-state index in [2.05, 4.69) is 5.16 Å². The molecule has 110 valence electrons. The molecule has 0 saturated carbocycles. The monoisotopic (exact) mass is 299 g/mol. The molecule has 0 aliphatic rings. The highest BCUT2D eigenvalue weighted by Gasteiger charge is 2.19. The molecule has 7 heteroatoms. The molecule has 0 unspecified atom stereocenters. The fourth-order valence-corrected chi connectivity index (χ4v) is 1.89. The van der Waals surface area contributed by atoms with Crippen LogP contribution in [0, 0.1) is 0 Å². The molecular formula is C13H18ClN3O3. The molecule has 0 aliphatic carbocycles. The van der Waals surface area contributed by atoms with E-state index in [1.165, 1.54) is 7.11 Å². The molecule has 1 aromatic carbocycles. The van der Waals surface area contributed by atoms with E-state index in [0.717, 1.165) is 0 Å². The van der Waals surface area contributed by atoms with Crippen molar-refractivity contribution in [2.24, 2.45) is 10.9 Å². The van der Waals surface area contributed by atoms with Gasteiger partial charge in [0.05, 0.1) is 12.7 Å². The van der Waals surface area contributed by atoms with Crippen LogP contribution < -0.4 is 10.5 Å². The summed E-state index contributed by atoms with van der Waals surface area (Å²) in [4.78, 5) is 14.0. The SMILES string of the molecule is CCN(CCC(N)=NO)C(=O)c1cc(Cl)ccc1OC. The molecule has 0 aliphatic heterocycles. The predicted octanol–water partition coefficient (Wildman–Crippen LogP) is 1.95. The number of amides is 1. The number of oxime groups is 1. The van der Waals surface area contributed by atoms with Crippen LogP contribution in [0.15, 0.2) is 23.4 Å². The summed E-state index contributed by atoms with van der Waals surface area (Å²) < 4.78 is 5.17. The number of ether oxygens (including phenoxy) is 1. The molecule has 0 fully saturated rings. The molecule has 1 amide bonds. The molecule has 0 spiro atoms. The van der Waals surface area contributed by atoms with Crippen LogP contribution in [0.1, 0.15) is 23.7 Å². The molecule has 0 saturated heterocycles. The van der Waals surface area contributed by atoms with Gasteiger partial charge in [-0.25, -0.2) is 0 Å². The second kappa shape index (κ2) is 7.59. The highest BCUT2D eigenvalue weighted by atomic mass is 35.5. The van der Waals surface area contributed by atoms with Crippen LogP contribution in [0.4, 0.5) is 0 Å². The van der Waals surface area contributed by atoms with E-state index in [-0.39, 0.29) is 11.7 Å². The Morgan fingerprint density at radius 3 is 2.80 bits per heavy atom. The molecule has 6 nitrogen and oxygen atoms in total. The van der Waals surface area contributed by atoms with Gasteiger partial charge in [0.15, 0.2) is 0 Å². The summed E-state index contributed by atoms with van der Waals surface area (Å²) in [6.45, 7) is 2.69. The Bertz CT molecular complexity index is 506. The van der Waals surface area contributed by atoms with E-state index in [1.807, 2.05) is 6.92 Å². The van der Waals surface area contributed by atoms with Gasteiger partial charge >= 0.3 is 0 Å². The van der Waals surface area contributed by atoms with Crippen molar-refractivity contribution in [3.8, 4) is 5.75 Å². The maximum atomic E-state index is 12.5. The van der Waals surface area contributed by atoms with Crippen molar-refractivity contribution < 1.29 is 14.7 Å². The molecule has 0 radical (unpaired) electrons. The fourth-order valence-electron chi connectivity index (χ4n) is 1.72. The summed E-state index contributed by atoms with van der Waals surface area (Å²) in [5.41, 5.74) is 5.80. The maximum Gasteiger partial charge on any atom is 0.257 e. The molecule has 1 aromatic rings. The van der Waals surface area contributed by atoms with Crippen LogP contribution >= 0.6 is 11.6 Å². The van der Waals surface area contributed by atoms with Crippen molar-refractivity contribution in [1.82, 2.24) is 4.90 Å². The number of carbonyl (C=O) groups is 1. The van der Waals surface area contributed by atoms with Gasteiger partial charge in [0, 0.05) is 24.5 Å². The number of nitrogens with two attached hydrogens (primary N) is 1. The zero-order chi connectivity index (χ0) is 15.1. The van der Waals surface area contributed by atoms with Crippen LogP contribution in [0.2, 0.25) is 5.02 Å². The van der Waals surface area contributed by atoms with E-state index in [9.17, 15) is 4.79 Å². The maximum absolute atomic E-state index is 12.5. The van der Waals surface area contributed by atoms with Crippen molar-refractivity contribution >= 4 is 23.3 Å². The normalized spacial score (nSPS) is 11.2. The van der Waals surface area contributed by atoms with Gasteiger partial charge in [0.2, 0.25) is 0 Å². The minimum Gasteiger partial charge on any atom is -0.496 e. The topological polar surface area (TPSA) is 88.1 Å². The number of hydrogen-bond acceptors (Lipinski definition) is 4. The summed E-state index contributed by atoms with van der Waals surface area (Å²) in [6, 6.07) is 4.87. The Balaban J connectivity index is 2.93. The second-order valence-electron chi connectivity index (χ2n) is 4.07. The van der Waals surface area contributed by atoms with E-state index in [4.69, 9.17) is 27.3 Å². The second-order valence-corrected chi connectivity index (χ2v) is 4.51. The first-order chi connectivity index (χ1) is 9.53. The van der Waals surface area contributed by atoms with Gasteiger partial charge in [-0.1, -0.05) is 16.8 Å². The number of carbonyl (C=O) groups excluding carboxylic acids is 1. The zero-order valence-electron chi connectivity index (χ0n) is 11.5. The number of hydrogen-bond donors (Lipinski definition) is 2. The van der Waals surface area contributed by atoms with Gasteiger partial charge < -0.3 is 20.6 Å². The average molecular weight is 300 g/mol. The number of benzene rings is 1. The molecule has 0 bridgehead atoms. The highest BCUT2D eigenvalue weighted by molar-refractivity contribution is 6.31. The summed E-state index contributed by atoms with van der Waals surface area (Å²) in [7, 11) is 1.49. The smallest absolute Gasteiger partial charge is 0.257 e. The van der Waals surface area contributed by atoms with Gasteiger partial charge in [-0.05, 0) is 25.1 Å². The summed E-state index contributed by atoms with van der Waals surface area (Å²) in [5.74, 6) is 0.327. The van der Waals surface area contributed by atoms with Gasteiger partial charge in [0.1, 0.15) is 11.6 Å². The first kappa shape index (κ1) is 16.1. The number of rotatable bonds is 6. The molecular weight excluding hydrogens is 282 g/mol. The Kier molecular flexibility index (Phi) is 6.11. The summed E-state index contributed by atoms with van der Waals surface area (Å²) >= 11 is 5.92. The van der Waals surface area contributed by atoms with Crippen LogP contribution in [0.3, 0.4) is 0 Å². The van der Waals surface area contributed by atoms with Gasteiger partial charge in [-0.3, -0.25) is 4.79 Å². The number of methoxy groups -OCH3 is 1. The Morgan fingerprint density at radius 1 is 1.55 bits per heavy atom. The standard InChI is InChI=1S/C13H18ClN3O3/c1-3-17(7-6-12(15)16-19)13(18)10-8-9(14)4-5-11(10)20-2/h4-5,8,19H,3,6-7H2,1-2H3,(H2,15,16). The Hall–Kier alpha value is -1.95. The number of halogens is 1. The predicted molar refractivity (Wildman–Crippen MR) is 77.6 cm³/mol. The minimum atomic E-state index is -0.211. The third-order valence-corrected chi connectivity index (χ3v) is 3.06. The van der Waals surface area contributed by atoms with Crippen LogP contribution in [-0.2, 0) is 0 Å². The molecule has 1 rings (SSSR count). The van der Waals surface area contributed by atoms with Crippen LogP contribution in [0.5, 0.6) is 5.75 Å². The summed E-state index contributed by atoms with van der Waals surface area (Å²) in [6.07, 6.45) is 0.291. The molecule has 0 aromatic heterocycles. The van der Waals surface area contributed by atoms with E-state index in [1.54, 1.807) is 23.1 Å². The zero-order valence-corrected chi connectivity index (χ0v) is 12.2. The van der Waals surface area contributed by atoms with Crippen LogP contribution in [-0.4, -0.2) is 42.0 Å². The Morgan fingerprint density at radius 2 is 2.25 bits per heavy atom. The largest absolute Gasteiger partial charge is 0.496 e. The van der Waals surface area contributed by atoms with E-state index >= 15 is 0 Å². The third-order valence-electron chi connectivity index (χ3n) is 2.83. The first-order valence-electron chi connectivity index (χ1n) is 6.12. The molecule has 0 atom stereocenters. The molecule has 0 heterocycles. The first-order valence-corrected chi connectivity index (χ1v) is 6.50. The highest BCUT2D eigenvalue weighted by Crippen LogP contribution is 2.24. The molecule has 20 heavy (non-hydrogen) atoms. The quantitative estimate of drug-likeness (QED) is 0.364. The number of nitrogens with zero attached hydrogens (tertiary/aromatic N) is 2. The lowest BCUT2D eigenvalue weighted by Crippen LogP contribution is -2.34. The lowest BCUT2D eigenvalue weighted by molar-refractivity contribution is 0.0765. The third kappa shape index (κ3) is 4.03. The van der Waals surface area contributed by atoms with E-state index < -0.39 is 0 Å². The fraction of sp³-hybridized carbons (Fsp3) is 0.385. The molecule has 3 N–H and O–H groups in total. The minimum absolute atomic E-state index is 0.0781. The van der Waals surface area contributed by atoms with Gasteiger partial charge in [0.25, 0.3) is 5.91 Å². The van der Waals surface area contributed by atoms with Crippen molar-refractivity contribution in [1.29, 1.82) is 0 Å². The van der Waals surface area contributed by atoms with Crippen molar-refractivity contribution in [3.63, 3.8) is 0 Å². The lowest BCUT2D eigenvalue weighted by atomic mass is 10.1. The van der Waals surface area contributed by atoms with Crippen LogP contribution in [0.25, 0.3) is 0 Å². The lowest BCUT2D eigenvalue weighted by Gasteiger charge is -2.21. The average Bonchev–Trinajstić information content (AvgIpc) is 2.47. The van der Waals surface area contributed by atoms with Crippen molar-refractivity contribution in [3.05, 3.63) is 28.8 Å². The van der Waals surface area contributed by atoms with Gasteiger partial charge in [-0.2, -0.15) is 0 Å². The van der Waals surface area contributed by atoms with Gasteiger partial charge in [-0.15, -0.1) is 0 Å². The Labute approximate surface area is 122 Å². The van der Waals surface area contributed by atoms with Crippen molar-refractivity contribution in [2.75, 3.05) is 20.2 Å². The van der Waals surface area contributed by atoms with E-state index in [0.29, 0.717) is 35.8 Å². The number of amidine groups is 1. The summed E-state index contributed by atoms with van der Waals surface area (Å²) in [5, 5.41) is 11.9. The van der Waals surface area contributed by atoms with Crippen molar-refractivity contribution in [2.45, 2.75) is 13.3 Å².